The normalized spacial score (nSPS) is 34.8. The zero-order valence-electron chi connectivity index (χ0n) is 10.4. The fraction of sp³-hybridized carbons (Fsp3) is 0.786. The van der Waals surface area contributed by atoms with Crippen molar-refractivity contribution >= 4 is 5.71 Å². The van der Waals surface area contributed by atoms with Crippen LogP contribution in [0.3, 0.4) is 0 Å². The van der Waals surface area contributed by atoms with E-state index in [0.29, 0.717) is 0 Å². The molecule has 1 N–H and O–H groups in total. The number of quaternary nitrogens is 1. The van der Waals surface area contributed by atoms with Gasteiger partial charge in [-0.2, -0.15) is 0 Å². The third kappa shape index (κ3) is 2.47. The molecule has 0 aromatic heterocycles. The summed E-state index contributed by atoms with van der Waals surface area (Å²) in [7, 11) is 0. The smallest absolute Gasteiger partial charge is 0.139 e. The van der Waals surface area contributed by atoms with Crippen LogP contribution in [0.5, 0.6) is 0 Å². The van der Waals surface area contributed by atoms with Crippen molar-refractivity contribution in [3.63, 3.8) is 0 Å². The molecule has 0 radical (unpaired) electrons. The van der Waals surface area contributed by atoms with Crippen LogP contribution in [-0.4, -0.2) is 30.9 Å². The number of rotatable bonds is 2. The molecule has 2 bridgehead atoms. The van der Waals surface area contributed by atoms with E-state index in [1.807, 2.05) is 0 Å². The topological polar surface area (TPSA) is 26.0 Å². The summed E-state index contributed by atoms with van der Waals surface area (Å²) in [4.78, 5) is 6.73. The van der Waals surface area contributed by atoms with Crippen LogP contribution in [0.4, 0.5) is 0 Å². The van der Waals surface area contributed by atoms with Crippen LogP contribution < -0.4 is 4.90 Å². The van der Waals surface area contributed by atoms with Gasteiger partial charge in [-0.3, -0.25) is 0 Å². The molecular weight excluding hydrogens is 212 g/mol. The van der Waals surface area contributed by atoms with Crippen LogP contribution in [0.1, 0.15) is 44.9 Å². The van der Waals surface area contributed by atoms with Gasteiger partial charge in [0.15, 0.2) is 0 Å². The predicted molar refractivity (Wildman–Crippen MR) is 66.9 cm³/mol. The summed E-state index contributed by atoms with van der Waals surface area (Å²) in [6.45, 7) is 1.79. The summed E-state index contributed by atoms with van der Waals surface area (Å²) in [6, 6.07) is 1.82. The summed E-state index contributed by atoms with van der Waals surface area (Å²) < 4.78 is 0. The number of hydrogen-bond acceptors (Lipinski definition) is 2. The van der Waals surface area contributed by atoms with Crippen LogP contribution in [0.15, 0.2) is 5.16 Å². The number of hydrogen-bond donors (Lipinski definition) is 1. The van der Waals surface area contributed by atoms with E-state index in [0.717, 1.165) is 43.8 Å². The molecule has 3 heterocycles. The first-order valence-corrected chi connectivity index (χ1v) is 6.92. The van der Waals surface area contributed by atoms with Crippen LogP contribution in [0.25, 0.3) is 0 Å². The highest BCUT2D eigenvalue weighted by Gasteiger charge is 2.39. The summed E-state index contributed by atoms with van der Waals surface area (Å²) in [5, 5.41) is 3.97. The minimum atomic E-state index is 0.749. The lowest BCUT2D eigenvalue weighted by Crippen LogP contribution is -3.17. The van der Waals surface area contributed by atoms with Crippen molar-refractivity contribution in [2.24, 2.45) is 5.16 Å². The second-order valence-corrected chi connectivity index (χ2v) is 5.42. The molecule has 2 unspecified atom stereocenters. The van der Waals surface area contributed by atoms with Gasteiger partial charge in [-0.25, -0.2) is 0 Å². The third-order valence-corrected chi connectivity index (χ3v) is 4.40. The fourth-order valence-corrected chi connectivity index (χ4v) is 3.46. The van der Waals surface area contributed by atoms with Gasteiger partial charge in [-0.05, 0) is 25.2 Å². The van der Waals surface area contributed by atoms with Crippen LogP contribution in [0.2, 0.25) is 0 Å². The number of oxime groups is 1. The molecule has 0 aromatic carbocycles. The van der Waals surface area contributed by atoms with E-state index in [1.54, 1.807) is 4.90 Å². The van der Waals surface area contributed by atoms with Gasteiger partial charge in [0.05, 0.1) is 24.2 Å². The Morgan fingerprint density at radius 2 is 2.00 bits per heavy atom. The highest BCUT2D eigenvalue weighted by molar-refractivity contribution is 5.86. The van der Waals surface area contributed by atoms with Crippen molar-refractivity contribution in [2.45, 2.75) is 57.0 Å². The average Bonchev–Trinajstić information content (AvgIpc) is 2.92. The van der Waals surface area contributed by atoms with Gasteiger partial charge in [0, 0.05) is 19.3 Å². The van der Waals surface area contributed by atoms with E-state index in [2.05, 4.69) is 17.0 Å². The quantitative estimate of drug-likeness (QED) is 0.700. The molecule has 17 heavy (non-hydrogen) atoms. The summed E-state index contributed by atoms with van der Waals surface area (Å²) in [6.07, 6.45) is 8.94. The SMILES string of the molecule is C(#CC[NH+]1C2CCCC1CC2)CC1=NOCC1. The van der Waals surface area contributed by atoms with Gasteiger partial charge >= 0.3 is 0 Å². The Balaban J connectivity index is 1.49. The van der Waals surface area contributed by atoms with Crippen molar-refractivity contribution in [2.75, 3.05) is 13.2 Å². The first-order chi connectivity index (χ1) is 8.43. The van der Waals surface area contributed by atoms with Crippen molar-refractivity contribution in [1.29, 1.82) is 0 Å². The zero-order chi connectivity index (χ0) is 11.5. The maximum atomic E-state index is 4.96. The Morgan fingerprint density at radius 1 is 1.18 bits per heavy atom. The summed E-state index contributed by atoms with van der Waals surface area (Å²) in [5.74, 6) is 6.62. The molecule has 3 aliphatic rings. The van der Waals surface area contributed by atoms with Gasteiger partial charge in [-0.15, -0.1) is 0 Å². The molecule has 3 rings (SSSR count). The minimum absolute atomic E-state index is 0.749. The summed E-state index contributed by atoms with van der Waals surface area (Å²) in [5.41, 5.74) is 1.12. The van der Waals surface area contributed by atoms with E-state index in [9.17, 15) is 0 Å². The molecular formula is C14H21N2O+. The largest absolute Gasteiger partial charge is 0.395 e. The average molecular weight is 233 g/mol. The molecule has 3 aliphatic heterocycles. The Hall–Kier alpha value is -1.01. The van der Waals surface area contributed by atoms with Gasteiger partial charge in [0.25, 0.3) is 0 Å². The maximum Gasteiger partial charge on any atom is 0.139 e. The first-order valence-electron chi connectivity index (χ1n) is 6.92. The van der Waals surface area contributed by atoms with Crippen LogP contribution in [0, 0.1) is 11.8 Å². The molecule has 3 heteroatoms. The highest BCUT2D eigenvalue weighted by Crippen LogP contribution is 2.21. The van der Waals surface area contributed by atoms with E-state index < -0.39 is 0 Å². The number of piperidine rings is 1. The Kier molecular flexibility index (Phi) is 3.33. The molecule has 92 valence electrons. The molecule has 2 fully saturated rings. The lowest BCUT2D eigenvalue weighted by Gasteiger charge is -2.29. The molecule has 0 saturated carbocycles. The monoisotopic (exact) mass is 233 g/mol. The van der Waals surface area contributed by atoms with Gasteiger partial charge in [0.2, 0.25) is 0 Å². The van der Waals surface area contributed by atoms with E-state index in [1.165, 1.54) is 32.1 Å². The lowest BCUT2D eigenvalue weighted by atomic mass is 10.0. The molecule has 0 aliphatic carbocycles. The van der Waals surface area contributed by atoms with E-state index in [4.69, 9.17) is 4.84 Å². The van der Waals surface area contributed by atoms with Gasteiger partial charge < -0.3 is 9.74 Å². The van der Waals surface area contributed by atoms with Crippen LogP contribution >= 0.6 is 0 Å². The second-order valence-electron chi connectivity index (χ2n) is 5.42. The molecule has 0 amide bonds. The number of nitrogens with zero attached hydrogens (tertiary/aromatic N) is 1. The van der Waals surface area contributed by atoms with E-state index in [-0.39, 0.29) is 0 Å². The van der Waals surface area contributed by atoms with Crippen molar-refractivity contribution in [3.05, 3.63) is 0 Å². The second kappa shape index (κ2) is 5.10. The lowest BCUT2D eigenvalue weighted by molar-refractivity contribution is -0.934. The molecule has 0 spiro atoms. The first kappa shape index (κ1) is 11.1. The summed E-state index contributed by atoms with van der Waals surface area (Å²) >= 11 is 0. The van der Waals surface area contributed by atoms with Gasteiger partial charge in [-0.1, -0.05) is 11.1 Å². The molecule has 0 aromatic rings. The number of fused-ring (bicyclic) bond motifs is 2. The van der Waals surface area contributed by atoms with E-state index >= 15 is 0 Å². The highest BCUT2D eigenvalue weighted by atomic mass is 16.6. The van der Waals surface area contributed by atoms with Gasteiger partial charge in [0.1, 0.15) is 13.2 Å². The van der Waals surface area contributed by atoms with Crippen molar-refractivity contribution in [3.8, 4) is 11.8 Å². The maximum absolute atomic E-state index is 4.96. The predicted octanol–water partition coefficient (Wildman–Crippen LogP) is 0.756. The Morgan fingerprint density at radius 3 is 2.71 bits per heavy atom. The fourth-order valence-electron chi connectivity index (χ4n) is 3.46. The molecule has 2 atom stereocenters. The van der Waals surface area contributed by atoms with Crippen LogP contribution in [-0.2, 0) is 4.84 Å². The zero-order valence-corrected chi connectivity index (χ0v) is 10.4. The molecule has 3 nitrogen and oxygen atoms in total. The minimum Gasteiger partial charge on any atom is -0.395 e. The Labute approximate surface area is 103 Å². The standard InChI is InChI=1S/C14H20N2O/c1(4-12-9-11-17-15-12)2-10-16-13-5-3-6-14(16)8-7-13/h13-14H,3-11H2/p+1. The Bertz CT molecular complexity index is 350. The third-order valence-electron chi connectivity index (χ3n) is 4.40. The van der Waals surface area contributed by atoms with Crippen molar-refractivity contribution < 1.29 is 9.74 Å². The van der Waals surface area contributed by atoms with Crippen molar-refractivity contribution in [1.82, 2.24) is 0 Å². The number of nitrogens with one attached hydrogen (secondary N) is 1. The molecule has 2 saturated heterocycles.